The summed E-state index contributed by atoms with van der Waals surface area (Å²) in [6, 6.07) is 7.29. The zero-order valence-corrected chi connectivity index (χ0v) is 10.6. The molecule has 1 fully saturated rings. The van der Waals surface area contributed by atoms with Crippen LogP contribution in [0.1, 0.15) is 17.6 Å². The van der Waals surface area contributed by atoms with Gasteiger partial charge < -0.3 is 15.0 Å². The lowest BCUT2D eigenvalue weighted by Crippen LogP contribution is -2.50. The number of rotatable bonds is 3. The summed E-state index contributed by atoms with van der Waals surface area (Å²) in [5.74, 6) is 0.311. The van der Waals surface area contributed by atoms with Gasteiger partial charge in [-0.15, -0.1) is 10.2 Å². The first-order chi connectivity index (χ1) is 9.13. The van der Waals surface area contributed by atoms with Crippen LogP contribution in [-0.4, -0.2) is 28.0 Å². The van der Waals surface area contributed by atoms with Crippen molar-refractivity contribution < 1.29 is 9.13 Å². The molecule has 19 heavy (non-hydrogen) atoms. The van der Waals surface area contributed by atoms with Crippen LogP contribution in [0.4, 0.5) is 10.1 Å². The second kappa shape index (κ2) is 4.31. The highest BCUT2D eigenvalue weighted by molar-refractivity contribution is 5.45. The van der Waals surface area contributed by atoms with Crippen LogP contribution in [0.15, 0.2) is 30.6 Å². The van der Waals surface area contributed by atoms with Gasteiger partial charge in [-0.25, -0.2) is 4.39 Å². The van der Waals surface area contributed by atoms with Gasteiger partial charge >= 0.3 is 0 Å². The molecule has 1 unspecified atom stereocenters. The van der Waals surface area contributed by atoms with E-state index in [1.807, 2.05) is 12.1 Å². The number of nitrogen functional groups attached to an aromatic ring is 1. The summed E-state index contributed by atoms with van der Waals surface area (Å²) < 4.78 is 21.8. The van der Waals surface area contributed by atoms with Crippen LogP contribution in [-0.2, 0) is 17.2 Å². The Labute approximate surface area is 110 Å². The van der Waals surface area contributed by atoms with Crippen LogP contribution in [0.5, 0.6) is 0 Å². The van der Waals surface area contributed by atoms with Gasteiger partial charge in [0.1, 0.15) is 6.33 Å². The van der Waals surface area contributed by atoms with Crippen LogP contribution in [0.3, 0.4) is 0 Å². The molecule has 5 nitrogen and oxygen atoms in total. The number of halogens is 1. The zero-order valence-electron chi connectivity index (χ0n) is 10.6. The molecule has 2 heterocycles. The molecule has 1 aliphatic heterocycles. The molecule has 1 saturated heterocycles. The number of alkyl halides is 1. The Morgan fingerprint density at radius 1 is 1.47 bits per heavy atom. The molecular formula is C13H15FN4O. The Morgan fingerprint density at radius 3 is 2.79 bits per heavy atom. The maximum Gasteiger partial charge on any atom is 0.174 e. The summed E-state index contributed by atoms with van der Waals surface area (Å²) in [7, 11) is 1.73. The van der Waals surface area contributed by atoms with Gasteiger partial charge in [0.15, 0.2) is 12.0 Å². The molecule has 0 spiro atoms. The average molecular weight is 262 g/mol. The molecule has 100 valence electrons. The largest absolute Gasteiger partial charge is 0.399 e. The number of nitrogens with two attached hydrogens (primary N) is 1. The predicted octanol–water partition coefficient (Wildman–Crippen LogP) is 1.38. The number of benzene rings is 1. The van der Waals surface area contributed by atoms with Gasteiger partial charge in [0.2, 0.25) is 0 Å². The summed E-state index contributed by atoms with van der Waals surface area (Å²) >= 11 is 0. The van der Waals surface area contributed by atoms with Crippen molar-refractivity contribution in [3.63, 3.8) is 0 Å². The number of nitrogens with zero attached hydrogens (tertiary/aromatic N) is 3. The molecular weight excluding hydrogens is 247 g/mol. The second-order valence-electron chi connectivity index (χ2n) is 4.94. The lowest BCUT2D eigenvalue weighted by atomic mass is 9.74. The molecule has 3 rings (SSSR count). The molecule has 1 atom stereocenters. The predicted molar refractivity (Wildman–Crippen MR) is 68.2 cm³/mol. The summed E-state index contributed by atoms with van der Waals surface area (Å²) in [6.07, 6.45) is 0.227. The van der Waals surface area contributed by atoms with Crippen molar-refractivity contribution in [3.05, 3.63) is 42.0 Å². The Kier molecular flexibility index (Phi) is 2.74. The lowest BCUT2D eigenvalue weighted by Gasteiger charge is -2.43. The summed E-state index contributed by atoms with van der Waals surface area (Å²) in [6.45, 7) is 0.648. The number of hydrogen-bond donors (Lipinski definition) is 1. The number of ether oxygens (including phenoxy) is 1. The van der Waals surface area contributed by atoms with Crippen molar-refractivity contribution in [1.82, 2.24) is 14.8 Å². The minimum atomic E-state index is -1.27. The Balaban J connectivity index is 2.02. The van der Waals surface area contributed by atoms with Crippen LogP contribution in [0.2, 0.25) is 0 Å². The van der Waals surface area contributed by atoms with E-state index in [0.29, 0.717) is 24.7 Å². The fourth-order valence-corrected chi connectivity index (χ4v) is 2.40. The Hall–Kier alpha value is -1.95. The van der Waals surface area contributed by atoms with E-state index in [9.17, 15) is 4.39 Å². The highest BCUT2D eigenvalue weighted by Gasteiger charge is 2.50. The normalized spacial score (nSPS) is 18.8. The van der Waals surface area contributed by atoms with Crippen LogP contribution in [0, 0.1) is 0 Å². The molecule has 2 aromatic rings. The quantitative estimate of drug-likeness (QED) is 0.849. The lowest BCUT2D eigenvalue weighted by molar-refractivity contribution is -0.102. The number of aromatic nitrogens is 3. The van der Waals surface area contributed by atoms with Crippen molar-refractivity contribution >= 4 is 5.69 Å². The van der Waals surface area contributed by atoms with Crippen LogP contribution >= 0.6 is 0 Å². The maximum atomic E-state index is 14.9. The standard InChI is InChI=1S/C13H15FN4O/c1-18-8-16-17-12(18)11(14)13(6-19-7-13)9-3-2-4-10(15)5-9/h2-5,8,11H,6-7,15H2,1H3. The molecule has 1 aliphatic rings. The van der Waals surface area contributed by atoms with E-state index in [1.54, 1.807) is 23.7 Å². The molecule has 6 heteroatoms. The molecule has 1 aromatic carbocycles. The summed E-state index contributed by atoms with van der Waals surface area (Å²) in [4.78, 5) is 0. The van der Waals surface area contributed by atoms with Crippen molar-refractivity contribution in [2.75, 3.05) is 18.9 Å². The SMILES string of the molecule is Cn1cnnc1C(F)C1(c2cccc(N)c2)COC1. The molecule has 0 aliphatic carbocycles. The topological polar surface area (TPSA) is 66.0 Å². The van der Waals surface area contributed by atoms with Gasteiger partial charge in [-0.3, -0.25) is 0 Å². The van der Waals surface area contributed by atoms with Gasteiger partial charge in [-0.1, -0.05) is 12.1 Å². The fourth-order valence-electron chi connectivity index (χ4n) is 2.40. The van der Waals surface area contributed by atoms with Gasteiger partial charge in [-0.2, -0.15) is 0 Å². The minimum Gasteiger partial charge on any atom is -0.399 e. The molecule has 1 aromatic heterocycles. The van der Waals surface area contributed by atoms with Crippen molar-refractivity contribution in [2.24, 2.45) is 7.05 Å². The number of anilines is 1. The smallest absolute Gasteiger partial charge is 0.174 e. The fraction of sp³-hybridized carbons (Fsp3) is 0.385. The maximum absolute atomic E-state index is 14.9. The number of aryl methyl sites for hydroxylation is 1. The van der Waals surface area contributed by atoms with E-state index in [2.05, 4.69) is 10.2 Å². The van der Waals surface area contributed by atoms with E-state index < -0.39 is 11.6 Å². The third-order valence-electron chi connectivity index (χ3n) is 3.64. The molecule has 0 amide bonds. The Morgan fingerprint density at radius 2 is 2.26 bits per heavy atom. The van der Waals surface area contributed by atoms with Gasteiger partial charge in [-0.05, 0) is 17.7 Å². The third-order valence-corrected chi connectivity index (χ3v) is 3.64. The second-order valence-corrected chi connectivity index (χ2v) is 4.94. The average Bonchev–Trinajstić information content (AvgIpc) is 2.74. The third kappa shape index (κ3) is 1.79. The van der Waals surface area contributed by atoms with Crippen molar-refractivity contribution in [3.8, 4) is 0 Å². The Bertz CT molecular complexity index is 594. The van der Waals surface area contributed by atoms with E-state index >= 15 is 0 Å². The van der Waals surface area contributed by atoms with E-state index in [-0.39, 0.29) is 0 Å². The molecule has 0 bridgehead atoms. The first-order valence-electron chi connectivity index (χ1n) is 6.05. The van der Waals surface area contributed by atoms with E-state index in [4.69, 9.17) is 10.5 Å². The van der Waals surface area contributed by atoms with Crippen molar-refractivity contribution in [2.45, 2.75) is 11.6 Å². The molecule has 0 radical (unpaired) electrons. The summed E-state index contributed by atoms with van der Waals surface area (Å²) in [5, 5.41) is 7.60. The van der Waals surface area contributed by atoms with E-state index in [0.717, 1.165) is 5.56 Å². The van der Waals surface area contributed by atoms with Gasteiger partial charge in [0, 0.05) is 12.7 Å². The molecule has 2 N–H and O–H groups in total. The van der Waals surface area contributed by atoms with Crippen molar-refractivity contribution in [1.29, 1.82) is 0 Å². The minimum absolute atomic E-state index is 0.311. The highest BCUT2D eigenvalue weighted by atomic mass is 19.1. The van der Waals surface area contributed by atoms with Gasteiger partial charge in [0.05, 0.1) is 18.6 Å². The number of hydrogen-bond acceptors (Lipinski definition) is 4. The first-order valence-corrected chi connectivity index (χ1v) is 6.05. The van der Waals surface area contributed by atoms with Crippen LogP contribution in [0.25, 0.3) is 0 Å². The molecule has 0 saturated carbocycles. The first kappa shape index (κ1) is 12.1. The zero-order chi connectivity index (χ0) is 13.5. The summed E-state index contributed by atoms with van der Waals surface area (Å²) in [5.41, 5.74) is 6.54. The van der Waals surface area contributed by atoms with Gasteiger partial charge in [0.25, 0.3) is 0 Å². The van der Waals surface area contributed by atoms with Crippen LogP contribution < -0.4 is 5.73 Å². The van der Waals surface area contributed by atoms with E-state index in [1.165, 1.54) is 6.33 Å². The monoisotopic (exact) mass is 262 g/mol. The highest BCUT2D eigenvalue weighted by Crippen LogP contribution is 2.45.